The Bertz CT molecular complexity index is 926. The van der Waals surface area contributed by atoms with E-state index in [2.05, 4.69) is 4.72 Å². The highest BCUT2D eigenvalue weighted by Crippen LogP contribution is 2.39. The van der Waals surface area contributed by atoms with Gasteiger partial charge in [-0.3, -0.25) is 4.79 Å². The first-order valence-electron chi connectivity index (χ1n) is 7.26. The number of carbonyl (C=O) groups excluding carboxylic acids is 1. The zero-order valence-corrected chi connectivity index (χ0v) is 15.3. The number of amides is 1. The maximum Gasteiger partial charge on any atom is 0.258 e. The van der Waals surface area contributed by atoms with Gasteiger partial charge in [0.25, 0.3) is 5.91 Å². The van der Waals surface area contributed by atoms with E-state index in [1.807, 2.05) is 0 Å². The quantitative estimate of drug-likeness (QED) is 0.860. The van der Waals surface area contributed by atoms with Crippen molar-refractivity contribution in [3.63, 3.8) is 0 Å². The summed E-state index contributed by atoms with van der Waals surface area (Å²) in [6.45, 7) is 3.62. The number of nitrogens with zero attached hydrogens (tertiary/aromatic N) is 1. The van der Waals surface area contributed by atoms with Crippen molar-refractivity contribution in [3.8, 4) is 0 Å². The molecule has 3 rings (SSSR count). The fraction of sp³-hybridized carbons (Fsp3) is 0.312. The normalized spacial score (nSPS) is 14.2. The third-order valence-electron chi connectivity index (χ3n) is 4.09. The molecule has 0 aliphatic carbocycles. The molecule has 0 unspecified atom stereocenters. The van der Waals surface area contributed by atoms with E-state index in [4.69, 9.17) is 5.73 Å². The van der Waals surface area contributed by atoms with Crippen molar-refractivity contribution in [2.24, 2.45) is 5.73 Å². The van der Waals surface area contributed by atoms with Gasteiger partial charge in [0.05, 0.1) is 10.6 Å². The maximum absolute atomic E-state index is 12.8. The Morgan fingerprint density at radius 2 is 1.88 bits per heavy atom. The lowest BCUT2D eigenvalue weighted by atomic mass is 10.1. The fourth-order valence-electron chi connectivity index (χ4n) is 2.80. The zero-order valence-electron chi connectivity index (χ0n) is 13.7. The average molecular weight is 370 g/mol. The van der Waals surface area contributed by atoms with Gasteiger partial charge in [-0.1, -0.05) is 12.1 Å². The summed E-state index contributed by atoms with van der Waals surface area (Å²) in [6, 6.07) is 8.34. The van der Waals surface area contributed by atoms with Crippen LogP contribution in [0, 0.1) is 0 Å². The zero-order chi connectivity index (χ0) is 17.0. The second-order valence-electron chi connectivity index (χ2n) is 6.37. The molecule has 0 bridgehead atoms. The lowest BCUT2D eigenvalue weighted by molar-refractivity contribution is 0.0999. The van der Waals surface area contributed by atoms with Gasteiger partial charge in [0.2, 0.25) is 10.0 Å². The second kappa shape index (κ2) is 6.00. The van der Waals surface area contributed by atoms with Crippen molar-refractivity contribution in [1.29, 1.82) is 0 Å². The minimum absolute atomic E-state index is 0. The monoisotopic (exact) mass is 369 g/mol. The summed E-state index contributed by atoms with van der Waals surface area (Å²) in [7, 11) is -2.08. The van der Waals surface area contributed by atoms with Crippen LogP contribution in [0.5, 0.6) is 0 Å². The van der Waals surface area contributed by atoms with Crippen LogP contribution in [0.3, 0.4) is 0 Å². The number of nitrogens with two attached hydrogens (primary N) is 1. The molecule has 0 spiro atoms. The number of carbonyl (C=O) groups is 1. The lowest BCUT2D eigenvalue weighted by Crippen LogP contribution is -2.48. The van der Waals surface area contributed by atoms with Gasteiger partial charge in [-0.05, 0) is 32.0 Å². The topological polar surface area (TPSA) is 92.5 Å². The molecule has 6 nitrogen and oxygen atoms in total. The van der Waals surface area contributed by atoms with Crippen molar-refractivity contribution in [3.05, 3.63) is 35.9 Å². The molecule has 130 valence electrons. The molecule has 0 fully saturated rings. The molecule has 1 aliphatic heterocycles. The van der Waals surface area contributed by atoms with Crippen LogP contribution in [-0.4, -0.2) is 33.5 Å². The van der Waals surface area contributed by atoms with Gasteiger partial charge in [0.15, 0.2) is 0 Å². The van der Waals surface area contributed by atoms with Crippen LogP contribution in [0.1, 0.15) is 24.2 Å². The van der Waals surface area contributed by atoms with Crippen molar-refractivity contribution in [1.82, 2.24) is 4.72 Å². The summed E-state index contributed by atoms with van der Waals surface area (Å²) < 4.78 is 28.1. The van der Waals surface area contributed by atoms with Crippen LogP contribution in [0.15, 0.2) is 35.2 Å². The molecule has 3 N–H and O–H groups in total. The van der Waals surface area contributed by atoms with Gasteiger partial charge in [0.1, 0.15) is 0 Å². The van der Waals surface area contributed by atoms with Crippen molar-refractivity contribution >= 4 is 44.8 Å². The van der Waals surface area contributed by atoms with E-state index in [0.717, 1.165) is 5.69 Å². The fourth-order valence-corrected chi connectivity index (χ4v) is 4.43. The van der Waals surface area contributed by atoms with Crippen LogP contribution in [0.2, 0.25) is 0 Å². The molecule has 2 aromatic rings. The van der Waals surface area contributed by atoms with E-state index in [-0.39, 0.29) is 29.8 Å². The minimum atomic E-state index is -3.76. The van der Waals surface area contributed by atoms with E-state index >= 15 is 0 Å². The molecule has 0 saturated heterocycles. The molecular weight excluding hydrogens is 350 g/mol. The third-order valence-corrected chi connectivity index (χ3v) is 5.84. The first-order chi connectivity index (χ1) is 10.7. The molecule has 2 aromatic carbocycles. The van der Waals surface area contributed by atoms with Crippen LogP contribution >= 0.6 is 12.4 Å². The van der Waals surface area contributed by atoms with Gasteiger partial charge in [-0.25, -0.2) is 13.1 Å². The lowest BCUT2D eigenvalue weighted by Gasteiger charge is -2.24. The van der Waals surface area contributed by atoms with Crippen LogP contribution < -0.4 is 15.4 Å². The number of halogens is 1. The Balaban J connectivity index is 0.00000208. The standard InChI is InChI=1S/C16H19N3O3S.ClH/c1-16(2,9-17)18-23(21,22)13-8-7-12-14-10(13)5-4-6-11(14)15(20)19(12)3;/h4-8,18H,9,17H2,1-3H3;1H. The Kier molecular flexibility index (Phi) is 4.67. The number of rotatable bonds is 4. The Hall–Kier alpha value is -1.67. The van der Waals surface area contributed by atoms with Gasteiger partial charge in [0, 0.05) is 35.5 Å². The summed E-state index contributed by atoms with van der Waals surface area (Å²) in [6.07, 6.45) is 0. The molecule has 24 heavy (non-hydrogen) atoms. The van der Waals surface area contributed by atoms with Gasteiger partial charge in [-0.2, -0.15) is 0 Å². The van der Waals surface area contributed by atoms with Crippen LogP contribution in [-0.2, 0) is 10.0 Å². The maximum atomic E-state index is 12.8. The number of anilines is 1. The summed E-state index contributed by atoms with van der Waals surface area (Å²) in [5.74, 6) is -0.129. The minimum Gasteiger partial charge on any atom is -0.329 e. The van der Waals surface area contributed by atoms with E-state index in [0.29, 0.717) is 16.3 Å². The molecule has 1 heterocycles. The molecule has 8 heteroatoms. The van der Waals surface area contributed by atoms with Crippen molar-refractivity contribution in [2.75, 3.05) is 18.5 Å². The Labute approximate surface area is 147 Å². The average Bonchev–Trinajstić information content (AvgIpc) is 2.73. The molecule has 1 aliphatic rings. The van der Waals surface area contributed by atoms with Crippen molar-refractivity contribution < 1.29 is 13.2 Å². The van der Waals surface area contributed by atoms with Gasteiger partial charge in [-0.15, -0.1) is 12.4 Å². The first-order valence-corrected chi connectivity index (χ1v) is 8.74. The Morgan fingerprint density at radius 3 is 2.50 bits per heavy atom. The molecular formula is C16H20ClN3O3S. The number of sulfonamides is 1. The van der Waals surface area contributed by atoms with E-state index < -0.39 is 15.6 Å². The number of hydrogen-bond acceptors (Lipinski definition) is 4. The Morgan fingerprint density at radius 1 is 1.21 bits per heavy atom. The highest BCUT2D eigenvalue weighted by molar-refractivity contribution is 7.89. The van der Waals surface area contributed by atoms with Gasteiger partial charge >= 0.3 is 0 Å². The number of hydrogen-bond donors (Lipinski definition) is 2. The first kappa shape index (κ1) is 18.7. The highest BCUT2D eigenvalue weighted by Gasteiger charge is 2.31. The summed E-state index contributed by atoms with van der Waals surface area (Å²) in [5.41, 5.74) is 6.11. The number of nitrogens with one attached hydrogen (secondary N) is 1. The summed E-state index contributed by atoms with van der Waals surface area (Å²) in [5, 5.41) is 1.21. The molecule has 0 radical (unpaired) electrons. The smallest absolute Gasteiger partial charge is 0.258 e. The van der Waals surface area contributed by atoms with Crippen LogP contribution in [0.25, 0.3) is 10.8 Å². The predicted molar refractivity (Wildman–Crippen MR) is 97.4 cm³/mol. The van der Waals surface area contributed by atoms with E-state index in [9.17, 15) is 13.2 Å². The summed E-state index contributed by atoms with van der Waals surface area (Å²) in [4.78, 5) is 13.9. The van der Waals surface area contributed by atoms with Gasteiger partial charge < -0.3 is 10.6 Å². The van der Waals surface area contributed by atoms with E-state index in [1.165, 1.54) is 11.0 Å². The van der Waals surface area contributed by atoms with Crippen molar-refractivity contribution in [2.45, 2.75) is 24.3 Å². The predicted octanol–water partition coefficient (Wildman–Crippen LogP) is 1.87. The van der Waals surface area contributed by atoms with E-state index in [1.54, 1.807) is 45.2 Å². The molecule has 1 amide bonds. The second-order valence-corrected chi connectivity index (χ2v) is 8.02. The largest absolute Gasteiger partial charge is 0.329 e. The summed E-state index contributed by atoms with van der Waals surface area (Å²) >= 11 is 0. The third kappa shape index (κ3) is 2.77. The molecule has 0 atom stereocenters. The SMILES string of the molecule is CN1C(=O)c2cccc3c(S(=O)(=O)NC(C)(C)CN)ccc1c23.Cl. The molecule has 0 saturated carbocycles. The molecule has 0 aromatic heterocycles. The highest BCUT2D eigenvalue weighted by atomic mass is 35.5. The number of benzene rings is 2. The van der Waals surface area contributed by atoms with Crippen LogP contribution in [0.4, 0.5) is 5.69 Å².